The number of ether oxygens (including phenoxy) is 1. The highest BCUT2D eigenvalue weighted by Crippen LogP contribution is 2.51. The molecule has 2 aliphatic heterocycles. The number of likely N-dealkylation sites (tertiary alicyclic amines) is 1. The summed E-state index contributed by atoms with van der Waals surface area (Å²) in [7, 11) is 1.52. The summed E-state index contributed by atoms with van der Waals surface area (Å²) < 4.78 is 5.51. The molecule has 0 radical (unpaired) electrons. The third-order valence-electron chi connectivity index (χ3n) is 7.34. The Morgan fingerprint density at radius 3 is 2.69 bits per heavy atom. The van der Waals surface area contributed by atoms with E-state index in [1.54, 1.807) is 18.2 Å². The summed E-state index contributed by atoms with van der Waals surface area (Å²) in [5.41, 5.74) is 2.66. The van der Waals surface area contributed by atoms with Gasteiger partial charge in [0.1, 0.15) is 0 Å². The number of nitrogens with zero attached hydrogens (tertiary/aromatic N) is 1. The van der Waals surface area contributed by atoms with E-state index in [0.717, 1.165) is 29.5 Å². The minimum absolute atomic E-state index is 0.00171. The number of nitrogens with one attached hydrogen (secondary N) is 3. The summed E-state index contributed by atoms with van der Waals surface area (Å²) >= 11 is 0. The molecule has 2 unspecified atom stereocenters. The molecular formula is C26H28N4O5. The summed E-state index contributed by atoms with van der Waals surface area (Å²) in [5, 5.41) is 7.47. The van der Waals surface area contributed by atoms with Crippen molar-refractivity contribution >= 4 is 29.6 Å². The number of carbonyl (C=O) groups is 4. The smallest absolute Gasteiger partial charge is 0.415 e. The second-order valence-corrected chi connectivity index (χ2v) is 9.38. The minimum atomic E-state index is -1.46. The molecular weight excluding hydrogens is 448 g/mol. The van der Waals surface area contributed by atoms with Crippen LogP contribution < -0.4 is 16.0 Å². The molecule has 2 aromatic carbocycles. The molecule has 5 amide bonds. The first-order valence-electron chi connectivity index (χ1n) is 11.8. The van der Waals surface area contributed by atoms with Crippen molar-refractivity contribution in [2.45, 2.75) is 50.2 Å². The third kappa shape index (κ3) is 3.90. The Labute approximate surface area is 203 Å². The second-order valence-electron chi connectivity index (χ2n) is 9.38. The van der Waals surface area contributed by atoms with Gasteiger partial charge in [-0.05, 0) is 54.5 Å². The van der Waals surface area contributed by atoms with E-state index in [9.17, 15) is 19.2 Å². The van der Waals surface area contributed by atoms with Gasteiger partial charge in [0.2, 0.25) is 11.5 Å². The van der Waals surface area contributed by atoms with Crippen LogP contribution in [0.2, 0.25) is 0 Å². The first-order valence-corrected chi connectivity index (χ1v) is 11.8. The first-order chi connectivity index (χ1) is 16.8. The largest absolute Gasteiger partial charge is 0.427 e. The standard InChI is InChI=1S/C26H28N4O5/c1-15-6-3-4-7-18(15)21-8-5-11-30(21)22(31)12-16-14-26(23(32)29-25(34)35-26)20-10-9-17(13-19(16)20)28-24(33)27-2/h3-4,6-7,9-10,13,16,21H,5,8,11-12,14H2,1-2H3,(H2,27,28,33)(H,29,32,34)/t16?,21?,26-/m1/s1. The number of urea groups is 1. The molecule has 2 saturated heterocycles. The number of fused-ring (bicyclic) bond motifs is 2. The molecule has 2 fully saturated rings. The monoisotopic (exact) mass is 476 g/mol. The SMILES string of the molecule is CNC(=O)Nc1ccc2c(c1)C(CC(=O)N1CCCC1c1ccccc1C)C[C@@]21OC(=O)NC1=O. The Morgan fingerprint density at radius 1 is 1.17 bits per heavy atom. The summed E-state index contributed by atoms with van der Waals surface area (Å²) in [6.07, 6.45) is 1.39. The fourth-order valence-electron chi connectivity index (χ4n) is 5.70. The molecule has 2 heterocycles. The Morgan fingerprint density at radius 2 is 1.97 bits per heavy atom. The molecule has 2 aromatic rings. The van der Waals surface area contributed by atoms with Crippen LogP contribution in [0.3, 0.4) is 0 Å². The molecule has 3 atom stereocenters. The Hall–Kier alpha value is -3.88. The maximum Gasteiger partial charge on any atom is 0.415 e. The molecule has 0 aromatic heterocycles. The maximum atomic E-state index is 13.6. The molecule has 0 saturated carbocycles. The Bertz CT molecular complexity index is 1230. The number of imide groups is 1. The van der Waals surface area contributed by atoms with Crippen LogP contribution in [0.1, 0.15) is 59.9 Å². The van der Waals surface area contributed by atoms with E-state index in [2.05, 4.69) is 35.0 Å². The average molecular weight is 477 g/mol. The van der Waals surface area contributed by atoms with Gasteiger partial charge in [-0.3, -0.25) is 14.9 Å². The maximum absolute atomic E-state index is 13.6. The highest BCUT2D eigenvalue weighted by Gasteiger charge is 2.57. The normalized spacial score (nSPS) is 24.8. The lowest BCUT2D eigenvalue weighted by Crippen LogP contribution is -2.35. The number of benzene rings is 2. The van der Waals surface area contributed by atoms with Crippen molar-refractivity contribution in [3.63, 3.8) is 0 Å². The average Bonchev–Trinajstić information content (AvgIpc) is 3.51. The van der Waals surface area contributed by atoms with Crippen molar-refractivity contribution in [3.8, 4) is 0 Å². The van der Waals surface area contributed by atoms with Crippen molar-refractivity contribution in [1.29, 1.82) is 0 Å². The lowest BCUT2D eigenvalue weighted by Gasteiger charge is -2.28. The van der Waals surface area contributed by atoms with Crippen LogP contribution in [0.15, 0.2) is 42.5 Å². The molecule has 9 heteroatoms. The van der Waals surface area contributed by atoms with Gasteiger partial charge in [-0.2, -0.15) is 0 Å². The molecule has 182 valence electrons. The Balaban J connectivity index is 1.45. The number of anilines is 1. The van der Waals surface area contributed by atoms with Crippen LogP contribution >= 0.6 is 0 Å². The van der Waals surface area contributed by atoms with Crippen LogP contribution in [0, 0.1) is 6.92 Å². The summed E-state index contributed by atoms with van der Waals surface area (Å²) in [4.78, 5) is 52.1. The third-order valence-corrected chi connectivity index (χ3v) is 7.34. The van der Waals surface area contributed by atoms with Crippen molar-refractivity contribution in [2.24, 2.45) is 0 Å². The quantitative estimate of drug-likeness (QED) is 0.625. The molecule has 5 rings (SSSR count). The van der Waals surface area contributed by atoms with Crippen LogP contribution in [0.25, 0.3) is 0 Å². The van der Waals surface area contributed by atoms with E-state index in [0.29, 0.717) is 17.8 Å². The van der Waals surface area contributed by atoms with Crippen LogP contribution in [0.5, 0.6) is 0 Å². The zero-order valence-electron chi connectivity index (χ0n) is 19.7. The van der Waals surface area contributed by atoms with Gasteiger partial charge in [-0.1, -0.05) is 30.3 Å². The number of hydrogen-bond donors (Lipinski definition) is 3. The minimum Gasteiger partial charge on any atom is -0.427 e. The highest BCUT2D eigenvalue weighted by molar-refractivity contribution is 6.04. The second kappa shape index (κ2) is 8.72. The molecule has 9 nitrogen and oxygen atoms in total. The molecule has 3 aliphatic rings. The zero-order chi connectivity index (χ0) is 24.7. The van der Waals surface area contributed by atoms with Gasteiger partial charge in [-0.25, -0.2) is 9.59 Å². The predicted octanol–water partition coefficient (Wildman–Crippen LogP) is 3.45. The fraction of sp³-hybridized carbons (Fsp3) is 0.385. The molecule has 35 heavy (non-hydrogen) atoms. The zero-order valence-corrected chi connectivity index (χ0v) is 19.7. The first kappa shape index (κ1) is 22.9. The molecule has 3 N–H and O–H groups in total. The van der Waals surface area contributed by atoms with E-state index in [1.165, 1.54) is 7.05 Å². The van der Waals surface area contributed by atoms with E-state index < -0.39 is 17.6 Å². The lowest BCUT2D eigenvalue weighted by atomic mass is 9.93. The fourth-order valence-corrected chi connectivity index (χ4v) is 5.70. The summed E-state index contributed by atoms with van der Waals surface area (Å²) in [6, 6.07) is 12.9. The number of aryl methyl sites for hydroxylation is 1. The number of amides is 5. The van der Waals surface area contributed by atoms with Gasteiger partial charge >= 0.3 is 12.1 Å². The van der Waals surface area contributed by atoms with Gasteiger partial charge in [0.25, 0.3) is 5.91 Å². The van der Waals surface area contributed by atoms with E-state index in [4.69, 9.17) is 4.74 Å². The topological polar surface area (TPSA) is 117 Å². The van der Waals surface area contributed by atoms with Gasteiger partial charge in [0, 0.05) is 37.7 Å². The Kier molecular flexibility index (Phi) is 5.70. The molecule has 1 aliphatic carbocycles. The number of hydrogen-bond acceptors (Lipinski definition) is 5. The van der Waals surface area contributed by atoms with Crippen molar-refractivity contribution < 1.29 is 23.9 Å². The predicted molar refractivity (Wildman–Crippen MR) is 128 cm³/mol. The van der Waals surface area contributed by atoms with Gasteiger partial charge < -0.3 is 20.3 Å². The number of rotatable bonds is 4. The molecule has 0 bridgehead atoms. The van der Waals surface area contributed by atoms with Crippen LogP contribution in [-0.4, -0.2) is 42.4 Å². The van der Waals surface area contributed by atoms with Crippen LogP contribution in [-0.2, 0) is 19.9 Å². The summed E-state index contributed by atoms with van der Waals surface area (Å²) in [6.45, 7) is 2.73. The summed E-state index contributed by atoms with van der Waals surface area (Å²) in [5.74, 6) is -0.874. The highest BCUT2D eigenvalue weighted by atomic mass is 16.6. The number of carbonyl (C=O) groups excluding carboxylic acids is 4. The van der Waals surface area contributed by atoms with Crippen molar-refractivity contribution in [1.82, 2.24) is 15.5 Å². The van der Waals surface area contributed by atoms with E-state index in [1.807, 2.05) is 17.0 Å². The van der Waals surface area contributed by atoms with Gasteiger partial charge in [-0.15, -0.1) is 0 Å². The number of alkyl carbamates (subject to hydrolysis) is 1. The van der Waals surface area contributed by atoms with E-state index in [-0.39, 0.29) is 36.7 Å². The molecule has 1 spiro atoms. The van der Waals surface area contributed by atoms with Gasteiger partial charge in [0.15, 0.2) is 0 Å². The van der Waals surface area contributed by atoms with Gasteiger partial charge in [0.05, 0.1) is 6.04 Å². The van der Waals surface area contributed by atoms with Crippen molar-refractivity contribution in [3.05, 3.63) is 64.7 Å². The van der Waals surface area contributed by atoms with Crippen LogP contribution in [0.4, 0.5) is 15.3 Å². The lowest BCUT2D eigenvalue weighted by molar-refractivity contribution is -0.135. The van der Waals surface area contributed by atoms with Crippen molar-refractivity contribution in [2.75, 3.05) is 18.9 Å². The van der Waals surface area contributed by atoms with E-state index >= 15 is 0 Å².